The van der Waals surface area contributed by atoms with Gasteiger partial charge in [0.15, 0.2) is 0 Å². The minimum absolute atomic E-state index is 0.180. The summed E-state index contributed by atoms with van der Waals surface area (Å²) in [5.74, 6) is 5.39. The number of ether oxygens (including phenoxy) is 4. The van der Waals surface area contributed by atoms with Crippen molar-refractivity contribution in [2.24, 2.45) is 23.7 Å². The number of aromatic nitrogens is 4. The molecule has 4 bridgehead atoms. The monoisotopic (exact) mass is 778 g/mol. The number of hydrogen-bond acceptors (Lipinski definition) is 10. The third-order valence-corrected chi connectivity index (χ3v) is 14.3. The molecule has 3 aromatic heterocycles. The van der Waals surface area contributed by atoms with Gasteiger partial charge in [-0.1, -0.05) is 38.8 Å². The Morgan fingerprint density at radius 3 is 1.47 bits per heavy atom. The summed E-state index contributed by atoms with van der Waals surface area (Å²) in [6.07, 6.45) is 10.2. The van der Waals surface area contributed by atoms with E-state index in [4.69, 9.17) is 39.1 Å². The quantitative estimate of drug-likeness (QED) is 0.120. The molecule has 0 N–H and O–H groups in total. The van der Waals surface area contributed by atoms with E-state index in [1.807, 2.05) is 36.7 Å². The largest absolute Gasteiger partial charge is 0.497 e. The molecule has 12 rings (SSSR count). The molecule has 10 heteroatoms. The maximum Gasteiger partial charge on any atom is 0.242 e. The van der Waals surface area contributed by atoms with Gasteiger partial charge in [-0.15, -0.1) is 10.2 Å². The fourth-order valence-corrected chi connectivity index (χ4v) is 11.1. The molecule has 10 atom stereocenters. The summed E-state index contributed by atoms with van der Waals surface area (Å²) in [5.41, 5.74) is 4.01. The second-order valence-electron chi connectivity index (χ2n) is 17.0. The molecule has 0 amide bonds. The fraction of sp³-hybridized carbons (Fsp3) is 0.458. The zero-order valence-electron chi connectivity index (χ0n) is 34.1. The highest BCUT2D eigenvalue weighted by molar-refractivity contribution is 5.91. The van der Waals surface area contributed by atoms with E-state index in [9.17, 15) is 0 Å². The summed E-state index contributed by atoms with van der Waals surface area (Å²) in [6.45, 7) is 9.00. The van der Waals surface area contributed by atoms with E-state index in [1.165, 1.54) is 25.7 Å². The minimum atomic E-state index is -0.300. The molecular weight excluding hydrogens is 725 g/mol. The van der Waals surface area contributed by atoms with Crippen LogP contribution in [-0.4, -0.2) is 82.4 Å². The summed E-state index contributed by atoms with van der Waals surface area (Å²) in [4.78, 5) is 14.8. The van der Waals surface area contributed by atoms with Crippen LogP contribution >= 0.6 is 0 Å². The predicted molar refractivity (Wildman–Crippen MR) is 227 cm³/mol. The number of piperidine rings is 6. The van der Waals surface area contributed by atoms with Crippen molar-refractivity contribution in [2.75, 3.05) is 40.4 Å². The molecule has 6 unspecified atom stereocenters. The van der Waals surface area contributed by atoms with Crippen molar-refractivity contribution in [1.29, 1.82) is 0 Å². The van der Waals surface area contributed by atoms with Gasteiger partial charge in [-0.3, -0.25) is 19.8 Å². The average molecular weight is 779 g/mol. The zero-order valence-corrected chi connectivity index (χ0v) is 34.1. The number of benzene rings is 3. The molecule has 0 spiro atoms. The first-order chi connectivity index (χ1) is 28.5. The molecular formula is C48H54N6O4. The molecule has 3 aromatic carbocycles. The van der Waals surface area contributed by atoms with Crippen LogP contribution < -0.4 is 18.9 Å². The third-order valence-electron chi connectivity index (χ3n) is 14.3. The molecule has 6 aliphatic rings. The topological polar surface area (TPSA) is 95.0 Å². The van der Waals surface area contributed by atoms with Crippen molar-refractivity contribution in [3.8, 4) is 23.3 Å². The lowest BCUT2D eigenvalue weighted by Gasteiger charge is -2.52. The first-order valence-electron chi connectivity index (χ1n) is 21.5. The summed E-state index contributed by atoms with van der Waals surface area (Å²) in [5, 5.41) is 13.7. The first-order valence-corrected chi connectivity index (χ1v) is 21.5. The fourth-order valence-electron chi connectivity index (χ4n) is 11.1. The summed E-state index contributed by atoms with van der Waals surface area (Å²) >= 11 is 0. The number of fused-ring (bicyclic) bond motifs is 9. The predicted octanol–water partition coefficient (Wildman–Crippen LogP) is 9.22. The molecule has 58 heavy (non-hydrogen) atoms. The number of pyridine rings is 2. The Hall–Kier alpha value is -5.06. The van der Waals surface area contributed by atoms with E-state index >= 15 is 0 Å². The summed E-state index contributed by atoms with van der Waals surface area (Å²) in [7, 11) is 3.42. The van der Waals surface area contributed by atoms with Gasteiger partial charge >= 0.3 is 0 Å². The highest BCUT2D eigenvalue weighted by Gasteiger charge is 2.46. The smallest absolute Gasteiger partial charge is 0.242 e. The van der Waals surface area contributed by atoms with Crippen molar-refractivity contribution in [2.45, 2.75) is 76.7 Å². The molecule has 9 heterocycles. The second kappa shape index (κ2) is 15.6. The molecule has 6 aliphatic heterocycles. The maximum absolute atomic E-state index is 7.30. The Balaban J connectivity index is 1.06. The minimum Gasteiger partial charge on any atom is -0.497 e. The molecule has 0 radical (unpaired) electrons. The van der Waals surface area contributed by atoms with Crippen molar-refractivity contribution >= 4 is 32.6 Å². The highest BCUT2D eigenvalue weighted by Crippen LogP contribution is 2.47. The van der Waals surface area contributed by atoms with Crippen LogP contribution in [0.25, 0.3) is 32.6 Å². The van der Waals surface area contributed by atoms with Gasteiger partial charge in [-0.05, 0) is 123 Å². The van der Waals surface area contributed by atoms with Crippen molar-refractivity contribution in [3.05, 3.63) is 96.3 Å². The lowest BCUT2D eigenvalue weighted by Crippen LogP contribution is -2.56. The van der Waals surface area contributed by atoms with E-state index in [1.54, 1.807) is 14.2 Å². The Kier molecular flexibility index (Phi) is 10.0. The molecule has 300 valence electrons. The maximum atomic E-state index is 7.30. The number of hydrogen-bond donors (Lipinski definition) is 0. The number of methoxy groups -OCH3 is 2. The van der Waals surface area contributed by atoms with Crippen LogP contribution in [0, 0.1) is 23.7 Å². The van der Waals surface area contributed by atoms with E-state index in [0.29, 0.717) is 35.4 Å². The van der Waals surface area contributed by atoms with Gasteiger partial charge in [0.05, 0.1) is 48.1 Å². The van der Waals surface area contributed by atoms with Gasteiger partial charge in [-0.2, -0.15) is 0 Å². The van der Waals surface area contributed by atoms with Crippen LogP contribution in [0.1, 0.15) is 75.7 Å². The van der Waals surface area contributed by atoms with Crippen LogP contribution in [0.3, 0.4) is 0 Å². The van der Waals surface area contributed by atoms with Crippen molar-refractivity contribution < 1.29 is 18.9 Å². The van der Waals surface area contributed by atoms with Gasteiger partial charge in [0.2, 0.25) is 11.8 Å². The van der Waals surface area contributed by atoms with Crippen LogP contribution in [0.2, 0.25) is 0 Å². The third kappa shape index (κ3) is 6.58. The van der Waals surface area contributed by atoms with Gasteiger partial charge in [-0.25, -0.2) is 0 Å². The Morgan fingerprint density at radius 2 is 1.07 bits per heavy atom. The summed E-state index contributed by atoms with van der Waals surface area (Å²) < 4.78 is 26.0. The van der Waals surface area contributed by atoms with Crippen LogP contribution in [-0.2, 0) is 0 Å². The molecule has 6 aromatic rings. The lowest BCUT2D eigenvalue weighted by atomic mass is 9.72. The van der Waals surface area contributed by atoms with Gasteiger partial charge in [0.1, 0.15) is 23.7 Å². The van der Waals surface area contributed by atoms with E-state index in [-0.39, 0.29) is 24.3 Å². The molecule has 6 fully saturated rings. The van der Waals surface area contributed by atoms with Crippen LogP contribution in [0.4, 0.5) is 0 Å². The highest BCUT2D eigenvalue weighted by atomic mass is 16.5. The SMILES string of the molecule is CC[C@@H]1CN2CC[C@@H]1CC2C(Oc1nnc(OC(c2ccnc3ccc(OC)cc23)C2C[C@@H]3CCN2C[C@@H]3CC)c2ccccc12)c1ccnc2ccc(OC)cc12. The summed E-state index contributed by atoms with van der Waals surface area (Å²) in [6, 6.07) is 25.1. The molecule has 0 saturated carbocycles. The molecule has 6 saturated heterocycles. The van der Waals surface area contributed by atoms with Crippen LogP contribution in [0.5, 0.6) is 23.3 Å². The van der Waals surface area contributed by atoms with E-state index in [2.05, 4.69) is 72.2 Å². The van der Waals surface area contributed by atoms with Crippen LogP contribution in [0.15, 0.2) is 85.2 Å². The van der Waals surface area contributed by atoms with Crippen molar-refractivity contribution in [1.82, 2.24) is 30.0 Å². The standard InChI is InChI=1S/C48H54N6O4/c1-5-29-27-53-21-17-31(29)23-43(53)45(35-15-19-49-41-13-11-33(55-3)25-39(35)41)57-47-37-9-7-8-10-38(37)48(52-51-47)58-46(44-24-32-18-22-54(44)28-30(32)6-2)36-16-20-50-42-14-12-34(56-4)26-40(36)42/h7-16,19-20,25-26,29-32,43-46H,5-6,17-18,21-24,27-28H2,1-4H3/t29-,30+,31-,32+,43?,44?,45?,46?. The lowest BCUT2D eigenvalue weighted by molar-refractivity contribution is -0.0505. The number of rotatable bonds is 12. The Bertz CT molecular complexity index is 2280. The first kappa shape index (κ1) is 37.2. The zero-order chi connectivity index (χ0) is 39.3. The van der Waals surface area contributed by atoms with Gasteiger partial charge < -0.3 is 18.9 Å². The van der Waals surface area contributed by atoms with E-state index in [0.717, 1.165) is 94.2 Å². The Labute approximate surface area is 340 Å². The number of nitrogens with zero attached hydrogens (tertiary/aromatic N) is 6. The molecule has 0 aliphatic carbocycles. The van der Waals surface area contributed by atoms with E-state index < -0.39 is 0 Å². The molecule has 10 nitrogen and oxygen atoms in total. The van der Waals surface area contributed by atoms with Crippen molar-refractivity contribution in [3.63, 3.8) is 0 Å². The normalized spacial score (nSPS) is 27.4. The van der Waals surface area contributed by atoms with Gasteiger partial charge in [0.25, 0.3) is 0 Å². The Morgan fingerprint density at radius 1 is 0.603 bits per heavy atom. The van der Waals surface area contributed by atoms with Gasteiger partial charge in [0, 0.05) is 47.4 Å². The second-order valence-corrected chi connectivity index (χ2v) is 17.0. The average Bonchev–Trinajstić information content (AvgIpc) is 3.29.